The van der Waals surface area contributed by atoms with Crippen molar-refractivity contribution in [2.24, 2.45) is 22.9 Å². The van der Waals surface area contributed by atoms with Gasteiger partial charge in [0.1, 0.15) is 0 Å². The zero-order chi connectivity index (χ0) is 23.7. The predicted molar refractivity (Wildman–Crippen MR) is 127 cm³/mol. The summed E-state index contributed by atoms with van der Waals surface area (Å²) in [5.74, 6) is 1.22. The topological polar surface area (TPSA) is 204 Å². The van der Waals surface area contributed by atoms with Gasteiger partial charge in [0.05, 0.1) is 4.92 Å². The Bertz CT molecular complexity index is 955. The van der Waals surface area contributed by atoms with Crippen molar-refractivity contribution in [3.8, 4) is 0 Å². The quantitative estimate of drug-likeness (QED) is 0.286. The van der Waals surface area contributed by atoms with E-state index in [-0.39, 0.29) is 29.9 Å². The van der Waals surface area contributed by atoms with Gasteiger partial charge in [-0.15, -0.1) is 0 Å². The Labute approximate surface area is 191 Å². The van der Waals surface area contributed by atoms with Crippen molar-refractivity contribution in [2.45, 2.75) is 43.9 Å². The fraction of sp³-hybridized carbons (Fsp3) is 0.550. The van der Waals surface area contributed by atoms with Crippen molar-refractivity contribution < 1.29 is 4.92 Å². The van der Waals surface area contributed by atoms with E-state index in [9.17, 15) is 10.1 Å². The lowest BCUT2D eigenvalue weighted by atomic mass is 10.0. The SMILES string of the molecule is Cc1cc(Nc2nc(N3C[C@H](N)C[C@H](N)C3)nc(N3C[C@H](N)C[C@H](N)C3)n2)ccc1[N+](=O)[O-]. The van der Waals surface area contributed by atoms with Gasteiger partial charge >= 0.3 is 0 Å². The Morgan fingerprint density at radius 2 is 1.39 bits per heavy atom. The lowest BCUT2D eigenvalue weighted by Crippen LogP contribution is -2.54. The second-order valence-electron chi connectivity index (χ2n) is 8.96. The summed E-state index contributed by atoms with van der Waals surface area (Å²) >= 11 is 0. The molecule has 4 rings (SSSR count). The van der Waals surface area contributed by atoms with E-state index in [1.54, 1.807) is 19.1 Å². The van der Waals surface area contributed by atoms with Crippen molar-refractivity contribution in [1.82, 2.24) is 15.0 Å². The molecule has 3 heterocycles. The Morgan fingerprint density at radius 1 is 0.909 bits per heavy atom. The summed E-state index contributed by atoms with van der Waals surface area (Å²) in [6.45, 7) is 3.98. The number of nitrogens with two attached hydrogens (primary N) is 4. The molecule has 13 heteroatoms. The standard InChI is InChI=1S/C20H31N11O2/c1-11-4-16(2-3-17(11)31(32)33)25-18-26-19(29-7-12(21)5-13(22)8-29)28-20(27-18)30-9-14(23)6-15(24)10-30/h2-4,12-15H,5-10,21-24H2,1H3,(H,25,26,27,28)/t12-,13+,14-,15+. The summed E-state index contributed by atoms with van der Waals surface area (Å²) in [6.07, 6.45) is 1.47. The van der Waals surface area contributed by atoms with Gasteiger partial charge in [0.25, 0.3) is 5.69 Å². The van der Waals surface area contributed by atoms with Gasteiger partial charge in [-0.2, -0.15) is 15.0 Å². The smallest absolute Gasteiger partial charge is 0.272 e. The average Bonchev–Trinajstić information content (AvgIpc) is 2.72. The van der Waals surface area contributed by atoms with Crippen molar-refractivity contribution in [1.29, 1.82) is 0 Å². The molecular weight excluding hydrogens is 426 g/mol. The number of hydrogen-bond acceptors (Lipinski definition) is 12. The molecular formula is C20H31N11O2. The van der Waals surface area contributed by atoms with E-state index >= 15 is 0 Å². The van der Waals surface area contributed by atoms with Gasteiger partial charge < -0.3 is 38.1 Å². The fourth-order valence-corrected chi connectivity index (χ4v) is 4.44. The van der Waals surface area contributed by atoms with Crippen LogP contribution in [0.3, 0.4) is 0 Å². The molecule has 0 radical (unpaired) electrons. The van der Waals surface area contributed by atoms with Crippen LogP contribution in [-0.4, -0.2) is 70.2 Å². The molecule has 0 aliphatic carbocycles. The summed E-state index contributed by atoms with van der Waals surface area (Å²) in [6, 6.07) is 4.42. The highest BCUT2D eigenvalue weighted by molar-refractivity contribution is 5.60. The third-order valence-corrected chi connectivity index (χ3v) is 5.86. The summed E-state index contributed by atoms with van der Waals surface area (Å²) in [7, 11) is 0. The van der Waals surface area contributed by atoms with Crippen LogP contribution in [0.1, 0.15) is 18.4 Å². The summed E-state index contributed by atoms with van der Waals surface area (Å²) in [5, 5.41) is 14.3. The lowest BCUT2D eigenvalue weighted by Gasteiger charge is -2.37. The molecule has 13 nitrogen and oxygen atoms in total. The highest BCUT2D eigenvalue weighted by Gasteiger charge is 2.28. The van der Waals surface area contributed by atoms with Crippen molar-refractivity contribution in [3.05, 3.63) is 33.9 Å². The van der Waals surface area contributed by atoms with Crippen LogP contribution < -0.4 is 38.1 Å². The van der Waals surface area contributed by atoms with Gasteiger partial charge in [-0.25, -0.2) is 0 Å². The second-order valence-corrected chi connectivity index (χ2v) is 8.96. The van der Waals surface area contributed by atoms with Crippen LogP contribution in [0.25, 0.3) is 0 Å². The van der Waals surface area contributed by atoms with Gasteiger partial charge in [0.15, 0.2) is 0 Å². The number of aryl methyl sites for hydroxylation is 1. The summed E-state index contributed by atoms with van der Waals surface area (Å²) in [4.78, 5) is 28.5. The first-order valence-corrected chi connectivity index (χ1v) is 11.0. The third-order valence-electron chi connectivity index (χ3n) is 5.86. The number of nitrogens with zero attached hydrogens (tertiary/aromatic N) is 6. The molecule has 9 N–H and O–H groups in total. The van der Waals surface area contributed by atoms with Crippen LogP contribution in [0.2, 0.25) is 0 Å². The summed E-state index contributed by atoms with van der Waals surface area (Å²) < 4.78 is 0. The lowest BCUT2D eigenvalue weighted by molar-refractivity contribution is -0.385. The molecule has 4 atom stereocenters. The van der Waals surface area contributed by atoms with E-state index in [0.29, 0.717) is 55.3 Å². The van der Waals surface area contributed by atoms with Crippen LogP contribution in [0, 0.1) is 17.0 Å². The fourth-order valence-electron chi connectivity index (χ4n) is 4.44. The van der Waals surface area contributed by atoms with Crippen LogP contribution in [0.15, 0.2) is 18.2 Å². The maximum absolute atomic E-state index is 11.1. The molecule has 0 amide bonds. The molecule has 178 valence electrons. The number of nitro groups is 1. The number of nitrogens with one attached hydrogen (secondary N) is 1. The Hall–Kier alpha value is -3.13. The number of piperidine rings is 2. The van der Waals surface area contributed by atoms with Gasteiger partial charge in [0.2, 0.25) is 17.8 Å². The van der Waals surface area contributed by atoms with E-state index in [0.717, 1.165) is 12.8 Å². The number of rotatable bonds is 5. The molecule has 2 aromatic rings. The van der Waals surface area contributed by atoms with Crippen LogP contribution in [-0.2, 0) is 0 Å². The van der Waals surface area contributed by atoms with Crippen LogP contribution in [0.4, 0.5) is 29.2 Å². The first-order chi connectivity index (χ1) is 15.7. The van der Waals surface area contributed by atoms with Gasteiger partial charge in [-0.05, 0) is 31.9 Å². The molecule has 0 unspecified atom stereocenters. The maximum atomic E-state index is 11.1. The van der Waals surface area contributed by atoms with Crippen molar-refractivity contribution in [2.75, 3.05) is 41.3 Å². The van der Waals surface area contributed by atoms with E-state index in [2.05, 4.69) is 15.3 Å². The average molecular weight is 458 g/mol. The Morgan fingerprint density at radius 3 is 1.82 bits per heavy atom. The highest BCUT2D eigenvalue weighted by Crippen LogP contribution is 2.26. The molecule has 0 saturated carbocycles. The highest BCUT2D eigenvalue weighted by atomic mass is 16.6. The molecule has 33 heavy (non-hydrogen) atoms. The first kappa shape index (κ1) is 23.0. The first-order valence-electron chi connectivity index (χ1n) is 11.0. The second kappa shape index (κ2) is 9.39. The third kappa shape index (κ3) is 5.45. The zero-order valence-corrected chi connectivity index (χ0v) is 18.6. The van der Waals surface area contributed by atoms with E-state index in [4.69, 9.17) is 27.9 Å². The monoisotopic (exact) mass is 457 g/mol. The van der Waals surface area contributed by atoms with Gasteiger partial charge in [-0.1, -0.05) is 0 Å². The van der Waals surface area contributed by atoms with Crippen molar-refractivity contribution >= 4 is 29.2 Å². The molecule has 0 spiro atoms. The number of aromatic nitrogens is 3. The van der Waals surface area contributed by atoms with Gasteiger partial charge in [-0.3, -0.25) is 10.1 Å². The molecule has 2 fully saturated rings. The minimum absolute atomic E-state index is 0.0464. The molecule has 2 saturated heterocycles. The molecule has 2 aliphatic rings. The molecule has 1 aromatic carbocycles. The number of hydrogen-bond donors (Lipinski definition) is 5. The largest absolute Gasteiger partial charge is 0.338 e. The van der Waals surface area contributed by atoms with Crippen LogP contribution >= 0.6 is 0 Å². The number of benzene rings is 1. The van der Waals surface area contributed by atoms with Gasteiger partial charge in [0, 0.05) is 67.7 Å². The Balaban J connectivity index is 1.68. The number of anilines is 4. The minimum atomic E-state index is -0.413. The summed E-state index contributed by atoms with van der Waals surface area (Å²) in [5.41, 5.74) is 25.9. The minimum Gasteiger partial charge on any atom is -0.338 e. The zero-order valence-electron chi connectivity index (χ0n) is 18.6. The maximum Gasteiger partial charge on any atom is 0.272 e. The molecule has 0 bridgehead atoms. The van der Waals surface area contributed by atoms with E-state index in [1.165, 1.54) is 6.07 Å². The number of nitro benzene ring substituents is 1. The molecule has 2 aliphatic heterocycles. The normalized spacial score (nSPS) is 25.7. The van der Waals surface area contributed by atoms with Crippen LogP contribution in [0.5, 0.6) is 0 Å². The van der Waals surface area contributed by atoms with E-state index in [1.807, 2.05) is 9.80 Å². The Kier molecular flexibility index (Phi) is 6.56. The molecule has 1 aromatic heterocycles. The van der Waals surface area contributed by atoms with Crippen molar-refractivity contribution in [3.63, 3.8) is 0 Å². The predicted octanol–water partition coefficient (Wildman–Crippen LogP) is -0.439. The van der Waals surface area contributed by atoms with E-state index < -0.39 is 4.92 Å².